The van der Waals surface area contributed by atoms with Gasteiger partial charge in [0.15, 0.2) is 0 Å². The molecule has 0 atom stereocenters. The van der Waals surface area contributed by atoms with Crippen molar-refractivity contribution in [3.63, 3.8) is 0 Å². The predicted molar refractivity (Wildman–Crippen MR) is 53.8 cm³/mol. The molecule has 1 aromatic heterocycles. The standard InChI is InChI=1S/C9H12ClNS/c10-8-3-9(4-8)11-5-7-1-2-12-6-7/h1-2,6,8-9,11H,3-5H2. The summed E-state index contributed by atoms with van der Waals surface area (Å²) in [7, 11) is 0. The Labute approximate surface area is 81.7 Å². The molecule has 3 heteroatoms. The van der Waals surface area contributed by atoms with Crippen LogP contribution in [-0.2, 0) is 6.54 Å². The van der Waals surface area contributed by atoms with E-state index < -0.39 is 0 Å². The third-order valence-corrected chi connectivity index (χ3v) is 3.34. The molecule has 0 amide bonds. The fraction of sp³-hybridized carbons (Fsp3) is 0.556. The van der Waals surface area contributed by atoms with Crippen molar-refractivity contribution in [1.82, 2.24) is 5.32 Å². The van der Waals surface area contributed by atoms with Crippen LogP contribution in [0.15, 0.2) is 16.8 Å². The predicted octanol–water partition coefficient (Wildman–Crippen LogP) is 2.61. The van der Waals surface area contributed by atoms with Gasteiger partial charge in [-0.15, -0.1) is 11.6 Å². The highest BCUT2D eigenvalue weighted by Gasteiger charge is 2.26. The summed E-state index contributed by atoms with van der Waals surface area (Å²) in [6.45, 7) is 0.998. The monoisotopic (exact) mass is 201 g/mol. The molecule has 1 aliphatic carbocycles. The Morgan fingerprint density at radius 3 is 3.00 bits per heavy atom. The van der Waals surface area contributed by atoms with Crippen LogP contribution in [0, 0.1) is 0 Å². The molecule has 12 heavy (non-hydrogen) atoms. The Hall–Kier alpha value is -0.0500. The Balaban J connectivity index is 1.70. The molecule has 1 aliphatic rings. The molecule has 0 saturated heterocycles. The Morgan fingerprint density at radius 1 is 1.58 bits per heavy atom. The molecule has 0 aromatic carbocycles. The highest BCUT2D eigenvalue weighted by molar-refractivity contribution is 7.07. The highest BCUT2D eigenvalue weighted by Crippen LogP contribution is 2.25. The van der Waals surface area contributed by atoms with Gasteiger partial charge in [0.2, 0.25) is 0 Å². The molecule has 1 nitrogen and oxygen atoms in total. The summed E-state index contributed by atoms with van der Waals surface area (Å²) in [5.41, 5.74) is 1.39. The first-order chi connectivity index (χ1) is 5.84. The molecule has 0 radical (unpaired) electrons. The van der Waals surface area contributed by atoms with Crippen molar-refractivity contribution in [3.8, 4) is 0 Å². The second-order valence-electron chi connectivity index (χ2n) is 3.28. The SMILES string of the molecule is ClC1CC(NCc2ccsc2)C1. The van der Waals surface area contributed by atoms with E-state index in [9.17, 15) is 0 Å². The van der Waals surface area contributed by atoms with Crippen molar-refractivity contribution >= 4 is 22.9 Å². The molecule has 1 heterocycles. The number of alkyl halides is 1. The van der Waals surface area contributed by atoms with Crippen LogP contribution in [0.25, 0.3) is 0 Å². The van der Waals surface area contributed by atoms with E-state index in [0.29, 0.717) is 11.4 Å². The van der Waals surface area contributed by atoms with Gasteiger partial charge in [-0.1, -0.05) is 0 Å². The van der Waals surface area contributed by atoms with Gasteiger partial charge < -0.3 is 5.32 Å². The molecule has 2 rings (SSSR count). The van der Waals surface area contributed by atoms with Crippen molar-refractivity contribution in [3.05, 3.63) is 22.4 Å². The maximum absolute atomic E-state index is 5.87. The average molecular weight is 202 g/mol. The van der Waals surface area contributed by atoms with Crippen LogP contribution in [0.4, 0.5) is 0 Å². The lowest BCUT2D eigenvalue weighted by atomic mass is 9.92. The number of rotatable bonds is 3. The number of hydrogen-bond acceptors (Lipinski definition) is 2. The molecule has 0 bridgehead atoms. The minimum atomic E-state index is 0.421. The third kappa shape index (κ3) is 2.00. The molecule has 1 fully saturated rings. The summed E-state index contributed by atoms with van der Waals surface area (Å²) in [4.78, 5) is 0. The van der Waals surface area contributed by atoms with Crippen LogP contribution >= 0.6 is 22.9 Å². The van der Waals surface area contributed by atoms with Crippen LogP contribution in [0.5, 0.6) is 0 Å². The Kier molecular flexibility index (Phi) is 2.69. The summed E-state index contributed by atoms with van der Waals surface area (Å²) in [5.74, 6) is 0. The summed E-state index contributed by atoms with van der Waals surface area (Å²) in [5, 5.41) is 8.19. The van der Waals surface area contributed by atoms with E-state index >= 15 is 0 Å². The first-order valence-electron chi connectivity index (χ1n) is 4.23. The van der Waals surface area contributed by atoms with Crippen LogP contribution in [0.3, 0.4) is 0 Å². The summed E-state index contributed by atoms with van der Waals surface area (Å²) >= 11 is 7.62. The highest BCUT2D eigenvalue weighted by atomic mass is 35.5. The maximum atomic E-state index is 5.87. The largest absolute Gasteiger partial charge is 0.310 e. The third-order valence-electron chi connectivity index (χ3n) is 2.26. The van der Waals surface area contributed by atoms with Crippen molar-refractivity contribution in [2.45, 2.75) is 30.8 Å². The summed E-state index contributed by atoms with van der Waals surface area (Å²) in [6, 6.07) is 2.82. The fourth-order valence-electron chi connectivity index (χ4n) is 1.37. The van der Waals surface area contributed by atoms with Crippen molar-refractivity contribution in [1.29, 1.82) is 0 Å². The lowest BCUT2D eigenvalue weighted by molar-refractivity contribution is 0.345. The number of nitrogens with one attached hydrogen (secondary N) is 1. The van der Waals surface area contributed by atoms with Crippen molar-refractivity contribution in [2.75, 3.05) is 0 Å². The molecule has 0 spiro atoms. The molecule has 1 aromatic rings. The van der Waals surface area contributed by atoms with E-state index in [1.165, 1.54) is 5.56 Å². The van der Waals surface area contributed by atoms with E-state index in [4.69, 9.17) is 11.6 Å². The second-order valence-corrected chi connectivity index (χ2v) is 4.68. The minimum Gasteiger partial charge on any atom is -0.310 e. The van der Waals surface area contributed by atoms with E-state index in [0.717, 1.165) is 19.4 Å². The van der Waals surface area contributed by atoms with Crippen LogP contribution in [0.1, 0.15) is 18.4 Å². The smallest absolute Gasteiger partial charge is 0.0365 e. The minimum absolute atomic E-state index is 0.421. The van der Waals surface area contributed by atoms with Gasteiger partial charge in [0.1, 0.15) is 0 Å². The zero-order valence-corrected chi connectivity index (χ0v) is 8.37. The molecule has 0 aliphatic heterocycles. The summed E-state index contributed by atoms with van der Waals surface area (Å²) in [6.07, 6.45) is 2.26. The number of halogens is 1. The van der Waals surface area contributed by atoms with Gasteiger partial charge in [-0.3, -0.25) is 0 Å². The molecular formula is C9H12ClNS. The lowest BCUT2D eigenvalue weighted by Crippen LogP contribution is -2.41. The molecular weight excluding hydrogens is 190 g/mol. The molecule has 0 unspecified atom stereocenters. The van der Waals surface area contributed by atoms with E-state index in [1.54, 1.807) is 11.3 Å². The van der Waals surface area contributed by atoms with Gasteiger partial charge in [0.05, 0.1) is 0 Å². The van der Waals surface area contributed by atoms with Gasteiger partial charge in [-0.2, -0.15) is 11.3 Å². The van der Waals surface area contributed by atoms with E-state index in [1.807, 2.05) is 0 Å². The van der Waals surface area contributed by atoms with Gasteiger partial charge in [0, 0.05) is 18.0 Å². The van der Waals surface area contributed by atoms with Crippen molar-refractivity contribution < 1.29 is 0 Å². The van der Waals surface area contributed by atoms with Gasteiger partial charge >= 0.3 is 0 Å². The zero-order valence-electron chi connectivity index (χ0n) is 6.79. The topological polar surface area (TPSA) is 12.0 Å². The van der Waals surface area contributed by atoms with Crippen LogP contribution in [-0.4, -0.2) is 11.4 Å². The van der Waals surface area contributed by atoms with Gasteiger partial charge in [0.25, 0.3) is 0 Å². The Morgan fingerprint density at radius 2 is 2.42 bits per heavy atom. The van der Waals surface area contributed by atoms with Crippen molar-refractivity contribution in [2.24, 2.45) is 0 Å². The van der Waals surface area contributed by atoms with Gasteiger partial charge in [-0.05, 0) is 35.2 Å². The lowest BCUT2D eigenvalue weighted by Gasteiger charge is -2.31. The Bertz CT molecular complexity index is 229. The normalized spacial score (nSPS) is 28.4. The average Bonchev–Trinajstić information content (AvgIpc) is 2.47. The van der Waals surface area contributed by atoms with Gasteiger partial charge in [-0.25, -0.2) is 0 Å². The summed E-state index contributed by atoms with van der Waals surface area (Å²) < 4.78 is 0. The van der Waals surface area contributed by atoms with E-state index in [-0.39, 0.29) is 0 Å². The number of hydrogen-bond donors (Lipinski definition) is 1. The van der Waals surface area contributed by atoms with E-state index in [2.05, 4.69) is 22.1 Å². The zero-order chi connectivity index (χ0) is 8.39. The van der Waals surface area contributed by atoms with Crippen LogP contribution in [0.2, 0.25) is 0 Å². The number of thiophene rings is 1. The maximum Gasteiger partial charge on any atom is 0.0365 e. The molecule has 1 N–H and O–H groups in total. The first kappa shape index (κ1) is 8.54. The first-order valence-corrected chi connectivity index (χ1v) is 5.61. The molecule has 1 saturated carbocycles. The second kappa shape index (κ2) is 3.77. The molecule has 66 valence electrons. The fourth-order valence-corrected chi connectivity index (χ4v) is 2.47. The quantitative estimate of drug-likeness (QED) is 0.742. The van der Waals surface area contributed by atoms with Crippen LogP contribution < -0.4 is 5.32 Å².